The zero-order chi connectivity index (χ0) is 15.4. The largest absolute Gasteiger partial charge is 0.497 e. The van der Waals surface area contributed by atoms with Crippen LogP contribution in [0.1, 0.15) is 15.9 Å². The molecular formula is C15H12Br2FNO2. The van der Waals surface area contributed by atoms with Crippen LogP contribution in [0.4, 0.5) is 4.39 Å². The predicted octanol–water partition coefficient (Wildman–Crippen LogP) is 4.29. The number of benzene rings is 2. The summed E-state index contributed by atoms with van der Waals surface area (Å²) in [7, 11) is 1.53. The Bertz CT molecular complexity index is 677. The fourth-order valence-electron chi connectivity index (χ4n) is 1.74. The number of carbonyl (C=O) groups excluding carboxylic acids is 1. The SMILES string of the molecule is COc1ccc(Br)c(C(=O)NCc2ccc(Br)cc2F)c1. The molecule has 6 heteroatoms. The van der Waals surface area contributed by atoms with E-state index in [-0.39, 0.29) is 18.3 Å². The first-order valence-electron chi connectivity index (χ1n) is 6.07. The summed E-state index contributed by atoms with van der Waals surface area (Å²) in [5, 5.41) is 2.69. The lowest BCUT2D eigenvalue weighted by Crippen LogP contribution is -2.23. The van der Waals surface area contributed by atoms with Gasteiger partial charge in [0.2, 0.25) is 0 Å². The van der Waals surface area contributed by atoms with Crippen LogP contribution in [0.15, 0.2) is 45.3 Å². The van der Waals surface area contributed by atoms with E-state index in [9.17, 15) is 9.18 Å². The topological polar surface area (TPSA) is 38.3 Å². The normalized spacial score (nSPS) is 10.3. The highest BCUT2D eigenvalue weighted by Crippen LogP contribution is 2.22. The van der Waals surface area contributed by atoms with E-state index in [1.165, 1.54) is 13.2 Å². The van der Waals surface area contributed by atoms with Gasteiger partial charge in [0.15, 0.2) is 0 Å². The Morgan fingerprint density at radius 2 is 2.00 bits per heavy atom. The fourth-order valence-corrected chi connectivity index (χ4v) is 2.50. The second kappa shape index (κ2) is 7.04. The minimum Gasteiger partial charge on any atom is -0.497 e. The number of amides is 1. The molecule has 0 unspecified atom stereocenters. The molecule has 0 atom stereocenters. The lowest BCUT2D eigenvalue weighted by atomic mass is 10.1. The summed E-state index contributed by atoms with van der Waals surface area (Å²) in [6.07, 6.45) is 0. The highest BCUT2D eigenvalue weighted by atomic mass is 79.9. The predicted molar refractivity (Wildman–Crippen MR) is 86.0 cm³/mol. The van der Waals surface area contributed by atoms with Crippen molar-refractivity contribution in [2.45, 2.75) is 6.54 Å². The highest BCUT2D eigenvalue weighted by molar-refractivity contribution is 9.10. The average molecular weight is 417 g/mol. The molecular weight excluding hydrogens is 405 g/mol. The van der Waals surface area contributed by atoms with Crippen molar-refractivity contribution in [1.29, 1.82) is 0 Å². The average Bonchev–Trinajstić information content (AvgIpc) is 2.46. The summed E-state index contributed by atoms with van der Waals surface area (Å²) in [6.45, 7) is 0.113. The standard InChI is InChI=1S/C15H12Br2FNO2/c1-21-11-4-5-13(17)12(7-11)15(20)19-8-9-2-3-10(16)6-14(9)18/h2-7H,8H2,1H3,(H,19,20). The molecule has 0 aliphatic carbocycles. The monoisotopic (exact) mass is 415 g/mol. The first-order valence-corrected chi connectivity index (χ1v) is 7.65. The Labute approximate surface area is 138 Å². The number of methoxy groups -OCH3 is 1. The van der Waals surface area contributed by atoms with Crippen LogP contribution >= 0.6 is 31.9 Å². The first-order chi connectivity index (χ1) is 10.0. The van der Waals surface area contributed by atoms with E-state index in [4.69, 9.17) is 4.74 Å². The number of hydrogen-bond donors (Lipinski definition) is 1. The molecule has 1 N–H and O–H groups in total. The van der Waals surface area contributed by atoms with Crippen molar-refractivity contribution in [3.63, 3.8) is 0 Å². The van der Waals surface area contributed by atoms with E-state index >= 15 is 0 Å². The number of hydrogen-bond acceptors (Lipinski definition) is 2. The zero-order valence-corrected chi connectivity index (χ0v) is 14.3. The Kier molecular flexibility index (Phi) is 5.36. The summed E-state index contributed by atoms with van der Waals surface area (Å²) in [5.41, 5.74) is 0.859. The molecule has 3 nitrogen and oxygen atoms in total. The summed E-state index contributed by atoms with van der Waals surface area (Å²) in [5.74, 6) is -0.0874. The van der Waals surface area contributed by atoms with Gasteiger partial charge < -0.3 is 10.1 Å². The quantitative estimate of drug-likeness (QED) is 0.807. The molecule has 0 fully saturated rings. The van der Waals surface area contributed by atoms with Crippen LogP contribution in [-0.4, -0.2) is 13.0 Å². The van der Waals surface area contributed by atoms with Crippen LogP contribution in [0.3, 0.4) is 0 Å². The lowest BCUT2D eigenvalue weighted by molar-refractivity contribution is 0.0949. The third-order valence-corrected chi connectivity index (χ3v) is 4.06. The number of nitrogens with one attached hydrogen (secondary N) is 1. The minimum absolute atomic E-state index is 0.113. The van der Waals surface area contributed by atoms with E-state index in [0.717, 1.165) is 0 Å². The van der Waals surface area contributed by atoms with Gasteiger partial charge in [-0.15, -0.1) is 0 Å². The summed E-state index contributed by atoms with van der Waals surface area (Å²) in [6, 6.07) is 9.82. The van der Waals surface area contributed by atoms with Gasteiger partial charge in [-0.1, -0.05) is 22.0 Å². The van der Waals surface area contributed by atoms with Crippen LogP contribution in [-0.2, 0) is 6.54 Å². The summed E-state index contributed by atoms with van der Waals surface area (Å²) in [4.78, 5) is 12.2. The van der Waals surface area contributed by atoms with Crippen LogP contribution in [0.5, 0.6) is 5.75 Å². The van der Waals surface area contributed by atoms with Gasteiger partial charge in [-0.25, -0.2) is 4.39 Å². The van der Waals surface area contributed by atoms with E-state index in [0.29, 0.717) is 25.8 Å². The highest BCUT2D eigenvalue weighted by Gasteiger charge is 2.12. The summed E-state index contributed by atoms with van der Waals surface area (Å²) < 4.78 is 20.1. The van der Waals surface area contributed by atoms with Crippen molar-refractivity contribution >= 4 is 37.8 Å². The van der Waals surface area contributed by atoms with Gasteiger partial charge in [0.1, 0.15) is 11.6 Å². The molecule has 2 aromatic rings. The second-order valence-electron chi connectivity index (χ2n) is 4.26. The molecule has 2 rings (SSSR count). The molecule has 1 amide bonds. The van der Waals surface area contributed by atoms with Crippen LogP contribution < -0.4 is 10.1 Å². The molecule has 0 aliphatic rings. The second-order valence-corrected chi connectivity index (χ2v) is 6.03. The van der Waals surface area contributed by atoms with Gasteiger partial charge in [-0.2, -0.15) is 0 Å². The number of carbonyl (C=O) groups is 1. The molecule has 0 heterocycles. The molecule has 0 saturated carbocycles. The van der Waals surface area contributed by atoms with E-state index < -0.39 is 0 Å². The Morgan fingerprint density at radius 1 is 1.24 bits per heavy atom. The molecule has 0 aromatic heterocycles. The molecule has 0 aliphatic heterocycles. The van der Waals surface area contributed by atoms with E-state index in [2.05, 4.69) is 37.2 Å². The third kappa shape index (κ3) is 4.04. The fraction of sp³-hybridized carbons (Fsp3) is 0.133. The minimum atomic E-state index is -0.366. The maximum Gasteiger partial charge on any atom is 0.252 e. The Hall–Kier alpha value is -1.40. The van der Waals surface area contributed by atoms with Gasteiger partial charge >= 0.3 is 0 Å². The molecule has 0 bridgehead atoms. The first kappa shape index (κ1) is 16.0. The third-order valence-electron chi connectivity index (χ3n) is 2.87. The van der Waals surface area contributed by atoms with Crippen LogP contribution in [0, 0.1) is 5.82 Å². The van der Waals surface area contributed by atoms with Crippen LogP contribution in [0.2, 0.25) is 0 Å². The van der Waals surface area contributed by atoms with E-state index in [1.807, 2.05) is 0 Å². The zero-order valence-electron chi connectivity index (χ0n) is 11.1. The van der Waals surface area contributed by atoms with Gasteiger partial charge in [-0.3, -0.25) is 4.79 Å². The van der Waals surface area contributed by atoms with Crippen molar-refractivity contribution in [3.8, 4) is 5.75 Å². The maximum absolute atomic E-state index is 13.7. The smallest absolute Gasteiger partial charge is 0.252 e. The van der Waals surface area contributed by atoms with Crippen molar-refractivity contribution in [2.24, 2.45) is 0 Å². The molecule has 21 heavy (non-hydrogen) atoms. The molecule has 2 aromatic carbocycles. The molecule has 0 saturated heterocycles. The number of halogens is 3. The summed E-state index contributed by atoms with van der Waals surface area (Å²) >= 11 is 6.50. The molecule has 0 radical (unpaired) electrons. The Balaban J connectivity index is 2.11. The molecule has 0 spiro atoms. The lowest BCUT2D eigenvalue weighted by Gasteiger charge is -2.09. The number of rotatable bonds is 4. The Morgan fingerprint density at radius 3 is 2.67 bits per heavy atom. The van der Waals surface area contributed by atoms with Crippen molar-refractivity contribution in [1.82, 2.24) is 5.32 Å². The van der Waals surface area contributed by atoms with Gasteiger partial charge in [0.05, 0.1) is 12.7 Å². The maximum atomic E-state index is 13.7. The van der Waals surface area contributed by atoms with E-state index in [1.54, 1.807) is 30.3 Å². The number of ether oxygens (including phenoxy) is 1. The molecule has 110 valence electrons. The van der Waals surface area contributed by atoms with Crippen molar-refractivity contribution in [2.75, 3.05) is 7.11 Å². The van der Waals surface area contributed by atoms with Gasteiger partial charge in [-0.05, 0) is 46.3 Å². The van der Waals surface area contributed by atoms with Gasteiger partial charge in [0, 0.05) is 21.1 Å². The van der Waals surface area contributed by atoms with Crippen LogP contribution in [0.25, 0.3) is 0 Å². The van der Waals surface area contributed by atoms with Crippen molar-refractivity contribution < 1.29 is 13.9 Å². The van der Waals surface area contributed by atoms with Crippen molar-refractivity contribution in [3.05, 3.63) is 62.3 Å². The van der Waals surface area contributed by atoms with Gasteiger partial charge in [0.25, 0.3) is 5.91 Å².